The van der Waals surface area contributed by atoms with E-state index >= 15 is 0 Å². The van der Waals surface area contributed by atoms with Crippen LogP contribution in [0.3, 0.4) is 0 Å². The Morgan fingerprint density at radius 2 is 1.89 bits per heavy atom. The largest absolute Gasteiger partial charge is 0.493 e. The molecule has 0 aliphatic heterocycles. The van der Waals surface area contributed by atoms with Crippen molar-refractivity contribution in [2.75, 3.05) is 0 Å². The van der Waals surface area contributed by atoms with E-state index in [0.29, 0.717) is 18.7 Å². The molecule has 4 heteroatoms. The second kappa shape index (κ2) is 5.78. The van der Waals surface area contributed by atoms with Crippen molar-refractivity contribution in [2.45, 2.75) is 32.7 Å². The molecule has 0 aliphatic rings. The molecule has 0 atom stereocenters. The molecule has 0 radical (unpaired) electrons. The average Bonchev–Trinajstić information content (AvgIpc) is 2.62. The van der Waals surface area contributed by atoms with Crippen molar-refractivity contribution < 1.29 is 5.11 Å². The van der Waals surface area contributed by atoms with Gasteiger partial charge in [0.05, 0.1) is 5.69 Å². The molecule has 1 N–H and O–H groups in total. The number of nitrogens with zero attached hydrogens (tertiary/aromatic N) is 2. The standard InChI is InChI=1S/C15H20N2O2/c1-3-4-10-17-14(18)13(16(2)15(17)19)11-12-8-6-5-7-9-12/h5-9,18H,3-4,10-11H2,1-2H3. The summed E-state index contributed by atoms with van der Waals surface area (Å²) >= 11 is 0. The minimum absolute atomic E-state index is 0.102. The molecule has 0 aliphatic carbocycles. The first-order valence-electron chi connectivity index (χ1n) is 6.66. The van der Waals surface area contributed by atoms with Crippen LogP contribution in [0.4, 0.5) is 0 Å². The first kappa shape index (κ1) is 13.5. The fraction of sp³-hybridized carbons (Fsp3) is 0.400. The molecule has 1 heterocycles. The van der Waals surface area contributed by atoms with Gasteiger partial charge in [-0.05, 0) is 12.0 Å². The fourth-order valence-electron chi connectivity index (χ4n) is 2.20. The number of unbranched alkanes of at least 4 members (excludes halogenated alkanes) is 1. The predicted molar refractivity (Wildman–Crippen MR) is 75.5 cm³/mol. The van der Waals surface area contributed by atoms with Gasteiger partial charge in [-0.1, -0.05) is 43.7 Å². The summed E-state index contributed by atoms with van der Waals surface area (Å²) in [6, 6.07) is 9.85. The summed E-state index contributed by atoms with van der Waals surface area (Å²) in [5, 5.41) is 10.2. The first-order chi connectivity index (χ1) is 9.15. The van der Waals surface area contributed by atoms with Crippen LogP contribution in [0.1, 0.15) is 31.0 Å². The third kappa shape index (κ3) is 2.72. The lowest BCUT2D eigenvalue weighted by Gasteiger charge is -2.04. The molecule has 0 fully saturated rings. The lowest BCUT2D eigenvalue weighted by Crippen LogP contribution is -2.22. The van der Waals surface area contributed by atoms with E-state index < -0.39 is 0 Å². The maximum Gasteiger partial charge on any atom is 0.331 e. The summed E-state index contributed by atoms with van der Waals surface area (Å²) < 4.78 is 3.00. The highest BCUT2D eigenvalue weighted by molar-refractivity contribution is 5.28. The van der Waals surface area contributed by atoms with Crippen LogP contribution in [0.2, 0.25) is 0 Å². The third-order valence-electron chi connectivity index (χ3n) is 3.39. The van der Waals surface area contributed by atoms with E-state index in [1.54, 1.807) is 7.05 Å². The Hall–Kier alpha value is -1.97. The van der Waals surface area contributed by atoms with Gasteiger partial charge in [-0.25, -0.2) is 4.79 Å². The number of hydrogen-bond donors (Lipinski definition) is 1. The van der Waals surface area contributed by atoms with Crippen molar-refractivity contribution in [3.8, 4) is 5.88 Å². The van der Waals surface area contributed by atoms with Gasteiger partial charge in [-0.3, -0.25) is 9.13 Å². The normalized spacial score (nSPS) is 10.8. The molecule has 2 rings (SSSR count). The monoisotopic (exact) mass is 260 g/mol. The van der Waals surface area contributed by atoms with Crippen molar-refractivity contribution in [2.24, 2.45) is 7.05 Å². The molecule has 1 aromatic heterocycles. The first-order valence-corrected chi connectivity index (χ1v) is 6.66. The van der Waals surface area contributed by atoms with Crippen LogP contribution in [0.25, 0.3) is 0 Å². The minimum atomic E-state index is -0.142. The quantitative estimate of drug-likeness (QED) is 0.896. The van der Waals surface area contributed by atoms with Crippen molar-refractivity contribution in [3.63, 3.8) is 0 Å². The summed E-state index contributed by atoms with van der Waals surface area (Å²) in [5.41, 5.74) is 1.62. The molecule has 0 spiro atoms. The average molecular weight is 260 g/mol. The summed E-state index contributed by atoms with van der Waals surface area (Å²) in [4.78, 5) is 12.1. The van der Waals surface area contributed by atoms with Gasteiger partial charge >= 0.3 is 5.69 Å². The lowest BCUT2D eigenvalue weighted by molar-refractivity contribution is 0.404. The molecular weight excluding hydrogens is 240 g/mol. The van der Waals surface area contributed by atoms with E-state index in [1.807, 2.05) is 30.3 Å². The Balaban J connectivity index is 2.33. The molecule has 4 nitrogen and oxygen atoms in total. The lowest BCUT2D eigenvalue weighted by atomic mass is 10.1. The van der Waals surface area contributed by atoms with Gasteiger partial charge in [0.15, 0.2) is 0 Å². The zero-order valence-electron chi connectivity index (χ0n) is 11.5. The van der Waals surface area contributed by atoms with Gasteiger partial charge in [-0.2, -0.15) is 0 Å². The van der Waals surface area contributed by atoms with Gasteiger partial charge in [0.1, 0.15) is 0 Å². The maximum absolute atomic E-state index is 12.1. The molecule has 2 aromatic rings. The van der Waals surface area contributed by atoms with E-state index in [0.717, 1.165) is 18.4 Å². The molecular formula is C15H20N2O2. The van der Waals surface area contributed by atoms with Crippen LogP contribution >= 0.6 is 0 Å². The van der Waals surface area contributed by atoms with Crippen LogP contribution in [0, 0.1) is 0 Å². The van der Waals surface area contributed by atoms with Gasteiger partial charge < -0.3 is 5.11 Å². The number of hydrogen-bond acceptors (Lipinski definition) is 2. The molecule has 0 amide bonds. The molecule has 19 heavy (non-hydrogen) atoms. The van der Waals surface area contributed by atoms with E-state index in [4.69, 9.17) is 0 Å². The highest BCUT2D eigenvalue weighted by Crippen LogP contribution is 2.19. The van der Waals surface area contributed by atoms with E-state index in [1.165, 1.54) is 9.13 Å². The molecule has 0 bridgehead atoms. The minimum Gasteiger partial charge on any atom is -0.493 e. The highest BCUT2D eigenvalue weighted by atomic mass is 16.3. The SMILES string of the molecule is CCCCn1c(O)c(Cc2ccccc2)n(C)c1=O. The third-order valence-corrected chi connectivity index (χ3v) is 3.39. The Kier molecular flexibility index (Phi) is 4.10. The summed E-state index contributed by atoms with van der Waals surface area (Å²) in [7, 11) is 1.71. The van der Waals surface area contributed by atoms with Gasteiger partial charge in [0.2, 0.25) is 5.88 Å². The zero-order chi connectivity index (χ0) is 13.8. The van der Waals surface area contributed by atoms with Gasteiger partial charge in [0.25, 0.3) is 0 Å². The second-order valence-corrected chi connectivity index (χ2v) is 4.78. The topological polar surface area (TPSA) is 47.2 Å². The molecule has 102 valence electrons. The van der Waals surface area contributed by atoms with E-state index in [9.17, 15) is 9.90 Å². The summed E-state index contributed by atoms with van der Waals surface area (Å²) in [5.74, 6) is 0.102. The van der Waals surface area contributed by atoms with Crippen molar-refractivity contribution in [1.82, 2.24) is 9.13 Å². The van der Waals surface area contributed by atoms with Crippen molar-refractivity contribution in [3.05, 3.63) is 52.1 Å². The number of aromatic nitrogens is 2. The fourth-order valence-corrected chi connectivity index (χ4v) is 2.20. The predicted octanol–water partition coefficient (Wildman–Crippen LogP) is 2.28. The number of aromatic hydroxyl groups is 1. The van der Waals surface area contributed by atoms with Crippen LogP contribution in [0.15, 0.2) is 35.1 Å². The zero-order valence-corrected chi connectivity index (χ0v) is 11.5. The van der Waals surface area contributed by atoms with E-state index in [-0.39, 0.29) is 11.6 Å². The Morgan fingerprint density at radius 3 is 2.53 bits per heavy atom. The smallest absolute Gasteiger partial charge is 0.331 e. The van der Waals surface area contributed by atoms with E-state index in [2.05, 4.69) is 6.92 Å². The second-order valence-electron chi connectivity index (χ2n) is 4.78. The number of benzene rings is 1. The van der Waals surface area contributed by atoms with Gasteiger partial charge in [-0.15, -0.1) is 0 Å². The Bertz CT molecular complexity index is 597. The molecule has 0 unspecified atom stereocenters. The molecule has 1 aromatic carbocycles. The summed E-state index contributed by atoms with van der Waals surface area (Å²) in [6.45, 7) is 2.64. The summed E-state index contributed by atoms with van der Waals surface area (Å²) in [6.07, 6.45) is 2.45. The van der Waals surface area contributed by atoms with Crippen molar-refractivity contribution >= 4 is 0 Å². The highest BCUT2D eigenvalue weighted by Gasteiger charge is 2.16. The maximum atomic E-state index is 12.1. The number of imidazole rings is 1. The Morgan fingerprint density at radius 1 is 1.21 bits per heavy atom. The molecule has 0 saturated carbocycles. The number of rotatable bonds is 5. The molecule has 0 saturated heterocycles. The Labute approximate surface area is 112 Å². The van der Waals surface area contributed by atoms with Gasteiger partial charge in [0, 0.05) is 20.0 Å². The van der Waals surface area contributed by atoms with Crippen LogP contribution in [-0.4, -0.2) is 14.2 Å². The van der Waals surface area contributed by atoms with Crippen molar-refractivity contribution in [1.29, 1.82) is 0 Å². The van der Waals surface area contributed by atoms with Crippen LogP contribution in [-0.2, 0) is 20.0 Å². The van der Waals surface area contributed by atoms with Crippen LogP contribution in [0.5, 0.6) is 5.88 Å². The van der Waals surface area contributed by atoms with Crippen LogP contribution < -0.4 is 5.69 Å².